The molecule has 0 aliphatic rings. The second-order valence-corrected chi connectivity index (χ2v) is 5.04. The molecular formula is C17H20. The van der Waals surface area contributed by atoms with E-state index < -0.39 is 0 Å². The van der Waals surface area contributed by atoms with Gasteiger partial charge in [0, 0.05) is 0 Å². The van der Waals surface area contributed by atoms with Gasteiger partial charge < -0.3 is 0 Å². The highest BCUT2D eigenvalue weighted by molar-refractivity contribution is 5.70. The van der Waals surface area contributed by atoms with Crippen molar-refractivity contribution in [3.05, 3.63) is 59.2 Å². The van der Waals surface area contributed by atoms with Crippen LogP contribution in [0, 0.1) is 13.8 Å². The van der Waals surface area contributed by atoms with Crippen LogP contribution < -0.4 is 0 Å². The first-order chi connectivity index (χ1) is 8.09. The van der Waals surface area contributed by atoms with Gasteiger partial charge >= 0.3 is 0 Å². The summed E-state index contributed by atoms with van der Waals surface area (Å²) in [6.45, 7) is 8.85. The second-order valence-electron chi connectivity index (χ2n) is 5.04. The summed E-state index contributed by atoms with van der Waals surface area (Å²) in [5.74, 6) is 0.597. The summed E-state index contributed by atoms with van der Waals surface area (Å²) in [5, 5.41) is 0. The molecule has 0 heteroatoms. The standard InChI is InChI=1S/C17H20/c1-12(2)15-9-10-17(14(4)11-15)16-8-6-5-7-13(16)3/h5-12H,1-4H3. The zero-order chi connectivity index (χ0) is 12.4. The van der Waals surface area contributed by atoms with Gasteiger partial charge in [-0.25, -0.2) is 0 Å². The molecule has 0 radical (unpaired) electrons. The molecule has 17 heavy (non-hydrogen) atoms. The average molecular weight is 224 g/mol. The van der Waals surface area contributed by atoms with Crippen LogP contribution in [0.1, 0.15) is 36.5 Å². The van der Waals surface area contributed by atoms with Gasteiger partial charge in [-0.2, -0.15) is 0 Å². The van der Waals surface area contributed by atoms with E-state index in [9.17, 15) is 0 Å². The van der Waals surface area contributed by atoms with Crippen LogP contribution in [0.2, 0.25) is 0 Å². The Kier molecular flexibility index (Phi) is 3.33. The van der Waals surface area contributed by atoms with Gasteiger partial charge in [0.15, 0.2) is 0 Å². The van der Waals surface area contributed by atoms with Crippen LogP contribution in [-0.4, -0.2) is 0 Å². The summed E-state index contributed by atoms with van der Waals surface area (Å²) >= 11 is 0. The molecule has 0 bridgehead atoms. The van der Waals surface area contributed by atoms with Gasteiger partial charge in [-0.3, -0.25) is 0 Å². The topological polar surface area (TPSA) is 0 Å². The maximum atomic E-state index is 2.31. The Labute approximate surface area is 104 Å². The first-order valence-corrected chi connectivity index (χ1v) is 6.26. The van der Waals surface area contributed by atoms with Crippen LogP contribution in [0.15, 0.2) is 42.5 Å². The minimum atomic E-state index is 0.597. The van der Waals surface area contributed by atoms with Crippen LogP contribution in [0.5, 0.6) is 0 Å². The monoisotopic (exact) mass is 224 g/mol. The van der Waals surface area contributed by atoms with E-state index in [1.165, 1.54) is 27.8 Å². The van der Waals surface area contributed by atoms with Gasteiger partial charge in [-0.05, 0) is 47.6 Å². The highest BCUT2D eigenvalue weighted by Crippen LogP contribution is 2.28. The molecule has 0 aromatic heterocycles. The normalized spacial score (nSPS) is 10.9. The molecule has 0 fully saturated rings. The molecular weight excluding hydrogens is 204 g/mol. The van der Waals surface area contributed by atoms with E-state index in [1.54, 1.807) is 0 Å². The zero-order valence-electron chi connectivity index (χ0n) is 11.1. The number of aryl methyl sites for hydroxylation is 2. The molecule has 0 unspecified atom stereocenters. The summed E-state index contributed by atoms with van der Waals surface area (Å²) in [4.78, 5) is 0. The van der Waals surface area contributed by atoms with Crippen molar-refractivity contribution < 1.29 is 0 Å². The Morgan fingerprint density at radius 2 is 1.41 bits per heavy atom. The summed E-state index contributed by atoms with van der Waals surface area (Å²) in [5.41, 5.74) is 6.83. The van der Waals surface area contributed by atoms with Crippen molar-refractivity contribution in [2.24, 2.45) is 0 Å². The summed E-state index contributed by atoms with van der Waals surface area (Å²) in [6, 6.07) is 15.4. The highest BCUT2D eigenvalue weighted by atomic mass is 14.1. The van der Waals surface area contributed by atoms with E-state index in [1.807, 2.05) is 0 Å². The molecule has 0 saturated heterocycles. The molecule has 2 aromatic carbocycles. The molecule has 0 atom stereocenters. The summed E-state index contributed by atoms with van der Waals surface area (Å²) < 4.78 is 0. The lowest BCUT2D eigenvalue weighted by molar-refractivity contribution is 0.865. The van der Waals surface area contributed by atoms with Crippen LogP contribution in [-0.2, 0) is 0 Å². The van der Waals surface area contributed by atoms with Crippen molar-refractivity contribution in [1.29, 1.82) is 0 Å². The molecule has 0 spiro atoms. The smallest absolute Gasteiger partial charge is 0.0152 e. The van der Waals surface area contributed by atoms with Gasteiger partial charge in [0.1, 0.15) is 0 Å². The van der Waals surface area contributed by atoms with Crippen molar-refractivity contribution in [3.8, 4) is 11.1 Å². The molecule has 0 nitrogen and oxygen atoms in total. The van der Waals surface area contributed by atoms with E-state index >= 15 is 0 Å². The lowest BCUT2D eigenvalue weighted by Gasteiger charge is -2.12. The van der Waals surface area contributed by atoms with Crippen molar-refractivity contribution >= 4 is 0 Å². The summed E-state index contributed by atoms with van der Waals surface area (Å²) in [6.07, 6.45) is 0. The highest BCUT2D eigenvalue weighted by Gasteiger charge is 2.06. The molecule has 0 N–H and O–H groups in total. The van der Waals surface area contributed by atoms with Crippen LogP contribution in [0.25, 0.3) is 11.1 Å². The molecule has 0 aliphatic carbocycles. The predicted octanol–water partition coefficient (Wildman–Crippen LogP) is 5.09. The Morgan fingerprint density at radius 3 is 2.00 bits per heavy atom. The van der Waals surface area contributed by atoms with E-state index in [2.05, 4.69) is 70.2 Å². The van der Waals surface area contributed by atoms with E-state index in [0.717, 1.165) is 0 Å². The van der Waals surface area contributed by atoms with Crippen LogP contribution in [0.3, 0.4) is 0 Å². The van der Waals surface area contributed by atoms with E-state index in [-0.39, 0.29) is 0 Å². The zero-order valence-corrected chi connectivity index (χ0v) is 11.1. The van der Waals surface area contributed by atoms with Crippen molar-refractivity contribution in [1.82, 2.24) is 0 Å². The third kappa shape index (κ3) is 2.41. The second kappa shape index (κ2) is 4.75. The fraction of sp³-hybridized carbons (Fsp3) is 0.294. The average Bonchev–Trinajstić information content (AvgIpc) is 2.30. The number of rotatable bonds is 2. The molecule has 88 valence electrons. The lowest BCUT2D eigenvalue weighted by atomic mass is 9.92. The van der Waals surface area contributed by atoms with Gasteiger partial charge in [0.2, 0.25) is 0 Å². The van der Waals surface area contributed by atoms with Crippen LogP contribution in [0.4, 0.5) is 0 Å². The maximum absolute atomic E-state index is 2.31. The Bertz CT molecular complexity index is 521. The number of benzene rings is 2. The van der Waals surface area contributed by atoms with Gasteiger partial charge in [0.05, 0.1) is 0 Å². The Morgan fingerprint density at radius 1 is 0.765 bits per heavy atom. The molecule has 0 heterocycles. The largest absolute Gasteiger partial charge is 0.0620 e. The number of hydrogen-bond donors (Lipinski definition) is 0. The summed E-state index contributed by atoms with van der Waals surface area (Å²) in [7, 11) is 0. The fourth-order valence-electron chi connectivity index (χ4n) is 2.22. The van der Waals surface area contributed by atoms with Gasteiger partial charge in [0.25, 0.3) is 0 Å². The first-order valence-electron chi connectivity index (χ1n) is 6.26. The third-order valence-corrected chi connectivity index (χ3v) is 3.35. The molecule has 0 aliphatic heterocycles. The van der Waals surface area contributed by atoms with E-state index in [0.29, 0.717) is 5.92 Å². The molecule has 2 rings (SSSR count). The Balaban J connectivity index is 2.51. The Hall–Kier alpha value is -1.56. The van der Waals surface area contributed by atoms with Crippen LogP contribution >= 0.6 is 0 Å². The van der Waals surface area contributed by atoms with Gasteiger partial charge in [-0.1, -0.05) is 56.3 Å². The lowest BCUT2D eigenvalue weighted by Crippen LogP contribution is -1.91. The van der Waals surface area contributed by atoms with Crippen molar-refractivity contribution in [2.45, 2.75) is 33.6 Å². The van der Waals surface area contributed by atoms with Crippen molar-refractivity contribution in [3.63, 3.8) is 0 Å². The first kappa shape index (κ1) is 11.9. The predicted molar refractivity (Wildman–Crippen MR) is 75.4 cm³/mol. The molecule has 2 aromatic rings. The maximum Gasteiger partial charge on any atom is -0.0152 e. The minimum absolute atomic E-state index is 0.597. The number of hydrogen-bond acceptors (Lipinski definition) is 0. The third-order valence-electron chi connectivity index (χ3n) is 3.35. The van der Waals surface area contributed by atoms with Crippen molar-refractivity contribution in [2.75, 3.05) is 0 Å². The van der Waals surface area contributed by atoms with E-state index in [4.69, 9.17) is 0 Å². The van der Waals surface area contributed by atoms with Gasteiger partial charge in [-0.15, -0.1) is 0 Å². The quantitative estimate of drug-likeness (QED) is 0.666. The molecule has 0 saturated carbocycles. The SMILES string of the molecule is Cc1ccccc1-c1ccc(C(C)C)cc1C. The molecule has 0 amide bonds. The minimum Gasteiger partial charge on any atom is -0.0620 e. The fourth-order valence-corrected chi connectivity index (χ4v) is 2.22.